The second kappa shape index (κ2) is 7.34. The van der Waals surface area contributed by atoms with E-state index in [1.165, 1.54) is 12.1 Å². The number of ether oxygens (including phenoxy) is 2. The van der Waals surface area contributed by atoms with Crippen LogP contribution in [0.2, 0.25) is 0 Å². The number of nitrogens with zero attached hydrogens (tertiary/aromatic N) is 3. The van der Waals surface area contributed by atoms with Crippen molar-refractivity contribution in [2.24, 2.45) is 5.10 Å². The molecule has 114 valence electrons. The zero-order valence-corrected chi connectivity index (χ0v) is 11.5. The molecule has 1 fully saturated rings. The lowest BCUT2D eigenvalue weighted by atomic mass is 10.1. The summed E-state index contributed by atoms with van der Waals surface area (Å²) < 4.78 is 38.4. The number of halogens is 2. The van der Waals surface area contributed by atoms with E-state index in [1.807, 2.05) is 0 Å². The Labute approximate surface area is 125 Å². The SMILES string of the molecule is N#CC(C#N)=NNc1cc(F)c(OC2CCOCC2)c(F)c1. The van der Waals surface area contributed by atoms with E-state index < -0.39 is 23.1 Å². The average Bonchev–Trinajstić information content (AvgIpc) is 2.53. The molecule has 0 unspecified atom stereocenters. The van der Waals surface area contributed by atoms with Gasteiger partial charge in [-0.3, -0.25) is 5.43 Å². The number of hydrogen-bond donors (Lipinski definition) is 1. The average molecular weight is 306 g/mol. The molecule has 1 aliphatic rings. The Morgan fingerprint density at radius 2 is 1.82 bits per heavy atom. The van der Waals surface area contributed by atoms with Gasteiger partial charge in [0.15, 0.2) is 17.4 Å². The largest absolute Gasteiger partial charge is 0.484 e. The first-order valence-corrected chi connectivity index (χ1v) is 6.51. The van der Waals surface area contributed by atoms with Gasteiger partial charge in [-0.05, 0) is 0 Å². The second-order valence-electron chi connectivity index (χ2n) is 4.49. The van der Waals surface area contributed by atoms with Gasteiger partial charge in [-0.25, -0.2) is 8.78 Å². The highest BCUT2D eigenvalue weighted by molar-refractivity contribution is 6.10. The third-order valence-electron chi connectivity index (χ3n) is 2.96. The number of rotatable bonds is 4. The second-order valence-corrected chi connectivity index (χ2v) is 4.49. The highest BCUT2D eigenvalue weighted by Gasteiger charge is 2.20. The van der Waals surface area contributed by atoms with Crippen molar-refractivity contribution < 1.29 is 18.3 Å². The van der Waals surface area contributed by atoms with E-state index in [0.29, 0.717) is 26.1 Å². The summed E-state index contributed by atoms with van der Waals surface area (Å²) in [5.41, 5.74) is 1.76. The standard InChI is InChI=1S/C14H12F2N4O2/c15-12-5-9(19-20-10(7-17)8-18)6-13(16)14(12)22-11-1-3-21-4-2-11/h5-6,11,19H,1-4H2. The first-order chi connectivity index (χ1) is 10.6. The quantitative estimate of drug-likeness (QED) is 0.681. The van der Waals surface area contributed by atoms with Crippen molar-refractivity contribution in [1.82, 2.24) is 0 Å². The topological polar surface area (TPSA) is 90.4 Å². The molecule has 0 amide bonds. The van der Waals surface area contributed by atoms with Crippen LogP contribution in [-0.2, 0) is 4.74 Å². The molecule has 1 aromatic rings. The molecule has 1 N–H and O–H groups in total. The first-order valence-electron chi connectivity index (χ1n) is 6.51. The van der Waals surface area contributed by atoms with Crippen molar-refractivity contribution >= 4 is 11.4 Å². The van der Waals surface area contributed by atoms with Gasteiger partial charge in [0.2, 0.25) is 5.71 Å². The fourth-order valence-corrected chi connectivity index (χ4v) is 1.89. The van der Waals surface area contributed by atoms with Crippen molar-refractivity contribution in [2.75, 3.05) is 18.6 Å². The molecule has 6 nitrogen and oxygen atoms in total. The maximum Gasteiger partial charge on any atom is 0.237 e. The Morgan fingerprint density at radius 1 is 1.23 bits per heavy atom. The summed E-state index contributed by atoms with van der Waals surface area (Å²) in [7, 11) is 0. The number of anilines is 1. The Kier molecular flexibility index (Phi) is 5.23. The molecule has 1 aromatic carbocycles. The fourth-order valence-electron chi connectivity index (χ4n) is 1.89. The van der Waals surface area contributed by atoms with Crippen molar-refractivity contribution in [3.63, 3.8) is 0 Å². The lowest BCUT2D eigenvalue weighted by Crippen LogP contribution is -2.26. The van der Waals surface area contributed by atoms with Gasteiger partial charge in [-0.1, -0.05) is 0 Å². The van der Waals surface area contributed by atoms with Gasteiger partial charge in [0.25, 0.3) is 0 Å². The Bertz CT molecular complexity index is 619. The van der Waals surface area contributed by atoms with Crippen LogP contribution < -0.4 is 10.2 Å². The van der Waals surface area contributed by atoms with Gasteiger partial charge in [0.1, 0.15) is 18.2 Å². The minimum atomic E-state index is -0.889. The van der Waals surface area contributed by atoms with E-state index in [1.54, 1.807) is 0 Å². The normalized spacial score (nSPS) is 14.5. The lowest BCUT2D eigenvalue weighted by Gasteiger charge is -2.23. The minimum Gasteiger partial charge on any atom is -0.484 e. The lowest BCUT2D eigenvalue weighted by molar-refractivity contribution is 0.0223. The maximum absolute atomic E-state index is 13.9. The molecule has 1 aliphatic heterocycles. The molecule has 0 saturated carbocycles. The van der Waals surface area contributed by atoms with Crippen molar-refractivity contribution in [3.8, 4) is 17.9 Å². The minimum absolute atomic E-state index is 0.0303. The van der Waals surface area contributed by atoms with Gasteiger partial charge in [0, 0.05) is 25.0 Å². The molecule has 0 aliphatic carbocycles. The zero-order valence-electron chi connectivity index (χ0n) is 11.5. The van der Waals surface area contributed by atoms with E-state index in [2.05, 4.69) is 10.5 Å². The number of hydrazone groups is 1. The van der Waals surface area contributed by atoms with Crippen LogP contribution in [0.5, 0.6) is 5.75 Å². The Morgan fingerprint density at radius 3 is 2.36 bits per heavy atom. The van der Waals surface area contributed by atoms with Crippen molar-refractivity contribution in [3.05, 3.63) is 23.8 Å². The predicted molar refractivity (Wildman–Crippen MR) is 73.1 cm³/mol. The smallest absolute Gasteiger partial charge is 0.237 e. The van der Waals surface area contributed by atoms with Crippen LogP contribution in [0.4, 0.5) is 14.5 Å². The van der Waals surface area contributed by atoms with E-state index in [4.69, 9.17) is 20.0 Å². The number of nitrogens with one attached hydrogen (secondary N) is 1. The summed E-state index contributed by atoms with van der Waals surface area (Å²) in [4.78, 5) is 0. The van der Waals surface area contributed by atoms with E-state index in [0.717, 1.165) is 12.1 Å². The van der Waals surface area contributed by atoms with E-state index in [-0.39, 0.29) is 11.8 Å². The van der Waals surface area contributed by atoms with Crippen molar-refractivity contribution in [2.45, 2.75) is 18.9 Å². The molecule has 0 aromatic heterocycles. The van der Waals surface area contributed by atoms with Gasteiger partial charge < -0.3 is 9.47 Å². The molecule has 0 radical (unpaired) electrons. The highest BCUT2D eigenvalue weighted by Crippen LogP contribution is 2.28. The van der Waals surface area contributed by atoms with Gasteiger partial charge in [0.05, 0.1) is 18.9 Å². The summed E-state index contributed by atoms with van der Waals surface area (Å²) >= 11 is 0. The molecule has 1 saturated heterocycles. The van der Waals surface area contributed by atoms with E-state index in [9.17, 15) is 8.78 Å². The van der Waals surface area contributed by atoms with Crippen LogP contribution in [0.3, 0.4) is 0 Å². The Hall–Kier alpha value is -2.71. The molecule has 8 heteroatoms. The molecule has 1 heterocycles. The molecule has 0 atom stereocenters. The first kappa shape index (κ1) is 15.7. The third-order valence-corrected chi connectivity index (χ3v) is 2.96. The van der Waals surface area contributed by atoms with Crippen LogP contribution in [-0.4, -0.2) is 25.0 Å². The number of hydrogen-bond acceptors (Lipinski definition) is 6. The van der Waals surface area contributed by atoms with Gasteiger partial charge in [-0.15, -0.1) is 0 Å². The molecule has 0 bridgehead atoms. The maximum atomic E-state index is 13.9. The molecule has 22 heavy (non-hydrogen) atoms. The monoisotopic (exact) mass is 306 g/mol. The van der Waals surface area contributed by atoms with Crippen LogP contribution in [0, 0.1) is 34.3 Å². The van der Waals surface area contributed by atoms with Crippen molar-refractivity contribution in [1.29, 1.82) is 10.5 Å². The predicted octanol–water partition coefficient (Wildman–Crippen LogP) is 2.34. The number of nitriles is 2. The molecule has 2 rings (SSSR count). The molecule has 0 spiro atoms. The molecular formula is C14H12F2N4O2. The molecular weight excluding hydrogens is 294 g/mol. The zero-order chi connectivity index (χ0) is 15.9. The summed E-state index contributed by atoms with van der Waals surface area (Å²) in [6.07, 6.45) is 0.840. The van der Waals surface area contributed by atoms with Crippen LogP contribution >= 0.6 is 0 Å². The summed E-state index contributed by atoms with van der Waals surface area (Å²) in [5, 5.41) is 20.4. The summed E-state index contributed by atoms with van der Waals surface area (Å²) in [6.45, 7) is 0.987. The highest BCUT2D eigenvalue weighted by atomic mass is 19.1. The summed E-state index contributed by atoms with van der Waals surface area (Å²) in [6, 6.07) is 5.00. The fraction of sp³-hybridized carbons (Fsp3) is 0.357. The summed E-state index contributed by atoms with van der Waals surface area (Å²) in [5.74, 6) is -2.23. The Balaban J connectivity index is 2.13. The van der Waals surface area contributed by atoms with Crippen LogP contribution in [0.1, 0.15) is 12.8 Å². The van der Waals surface area contributed by atoms with E-state index >= 15 is 0 Å². The van der Waals surface area contributed by atoms with Gasteiger partial charge in [-0.2, -0.15) is 15.6 Å². The third kappa shape index (κ3) is 3.90. The van der Waals surface area contributed by atoms with Crippen LogP contribution in [0.15, 0.2) is 17.2 Å². The van der Waals surface area contributed by atoms with Crippen LogP contribution in [0.25, 0.3) is 0 Å². The van der Waals surface area contributed by atoms with Gasteiger partial charge >= 0.3 is 0 Å². The number of benzene rings is 1.